The van der Waals surface area contributed by atoms with Crippen LogP contribution in [0, 0.1) is 11.6 Å². The molecule has 0 fully saturated rings. The van der Waals surface area contributed by atoms with Crippen molar-refractivity contribution >= 4 is 5.97 Å². The van der Waals surface area contributed by atoms with Crippen molar-refractivity contribution in [3.63, 3.8) is 0 Å². The highest BCUT2D eigenvalue weighted by atomic mass is 19.1. The first kappa shape index (κ1) is 11.1. The van der Waals surface area contributed by atoms with Gasteiger partial charge in [0.25, 0.3) is 0 Å². The lowest BCUT2D eigenvalue weighted by Gasteiger charge is -1.99. The third kappa shape index (κ3) is 2.10. The molecule has 17 heavy (non-hydrogen) atoms. The number of aromatic nitrogens is 4. The number of ether oxygens (including phenoxy) is 1. The van der Waals surface area contributed by atoms with E-state index in [1.54, 1.807) is 0 Å². The van der Waals surface area contributed by atoms with Crippen molar-refractivity contribution in [2.24, 2.45) is 0 Å². The number of hydrogen-bond donors (Lipinski definition) is 0. The van der Waals surface area contributed by atoms with Crippen LogP contribution in [0.2, 0.25) is 0 Å². The van der Waals surface area contributed by atoms with Crippen LogP contribution in [-0.2, 0) is 4.74 Å². The zero-order valence-corrected chi connectivity index (χ0v) is 8.59. The van der Waals surface area contributed by atoms with E-state index in [0.29, 0.717) is 6.07 Å². The number of rotatable bonds is 2. The number of esters is 1. The summed E-state index contributed by atoms with van der Waals surface area (Å²) >= 11 is 0. The maximum absolute atomic E-state index is 13.3. The molecular weight excluding hydrogens is 234 g/mol. The number of carbonyl (C=O) groups is 1. The zero-order chi connectivity index (χ0) is 12.4. The number of pyridine rings is 1. The first-order valence-electron chi connectivity index (χ1n) is 4.44. The van der Waals surface area contributed by atoms with Crippen molar-refractivity contribution in [1.29, 1.82) is 0 Å². The fraction of sp³-hybridized carbons (Fsp3) is 0.111. The summed E-state index contributed by atoms with van der Waals surface area (Å²) in [6.07, 6.45) is 1.97. The van der Waals surface area contributed by atoms with Crippen molar-refractivity contribution in [3.8, 4) is 5.82 Å². The van der Waals surface area contributed by atoms with E-state index >= 15 is 0 Å². The summed E-state index contributed by atoms with van der Waals surface area (Å²) in [4.78, 5) is 14.6. The third-order valence-corrected chi connectivity index (χ3v) is 1.89. The molecule has 0 spiro atoms. The molecule has 0 saturated carbocycles. The van der Waals surface area contributed by atoms with Gasteiger partial charge in [0.2, 0.25) is 0 Å². The highest BCUT2D eigenvalue weighted by molar-refractivity contribution is 5.86. The molecular formula is C9H6F2N4O2. The van der Waals surface area contributed by atoms with Crippen LogP contribution in [0.15, 0.2) is 18.5 Å². The second-order valence-electron chi connectivity index (χ2n) is 3.00. The molecule has 0 aliphatic heterocycles. The Morgan fingerprint density at radius 2 is 2.24 bits per heavy atom. The van der Waals surface area contributed by atoms with Gasteiger partial charge in [0, 0.05) is 6.07 Å². The SMILES string of the molecule is COC(=O)c1cn(-c2ncc(F)cc2F)nn1. The fourth-order valence-electron chi connectivity index (χ4n) is 1.14. The number of hydrogen-bond acceptors (Lipinski definition) is 5. The van der Waals surface area contributed by atoms with Crippen LogP contribution in [0.5, 0.6) is 0 Å². The summed E-state index contributed by atoms with van der Waals surface area (Å²) in [6.45, 7) is 0. The molecule has 0 aliphatic rings. The summed E-state index contributed by atoms with van der Waals surface area (Å²) in [5.74, 6) is -2.68. The molecule has 0 radical (unpaired) electrons. The third-order valence-electron chi connectivity index (χ3n) is 1.89. The Labute approximate surface area is 93.8 Å². The molecule has 0 aromatic carbocycles. The number of carbonyl (C=O) groups excluding carboxylic acids is 1. The summed E-state index contributed by atoms with van der Waals surface area (Å²) in [5, 5.41) is 6.95. The van der Waals surface area contributed by atoms with Crippen LogP contribution in [0.3, 0.4) is 0 Å². The summed E-state index contributed by atoms with van der Waals surface area (Å²) in [7, 11) is 1.18. The second-order valence-corrected chi connectivity index (χ2v) is 3.00. The Bertz CT molecular complexity index is 570. The smallest absolute Gasteiger partial charge is 0.360 e. The van der Waals surface area contributed by atoms with Crippen LogP contribution in [0.25, 0.3) is 5.82 Å². The van der Waals surface area contributed by atoms with Crippen LogP contribution in [0.4, 0.5) is 8.78 Å². The summed E-state index contributed by atoms with van der Waals surface area (Å²) in [5.41, 5.74) is -0.0991. The van der Waals surface area contributed by atoms with E-state index in [2.05, 4.69) is 20.0 Å². The fourth-order valence-corrected chi connectivity index (χ4v) is 1.14. The van der Waals surface area contributed by atoms with Gasteiger partial charge in [-0.3, -0.25) is 0 Å². The van der Waals surface area contributed by atoms with Gasteiger partial charge >= 0.3 is 5.97 Å². The molecule has 0 atom stereocenters. The predicted molar refractivity (Wildman–Crippen MR) is 50.4 cm³/mol. The van der Waals surface area contributed by atoms with Crippen molar-refractivity contribution in [1.82, 2.24) is 20.0 Å². The van der Waals surface area contributed by atoms with Crippen LogP contribution >= 0.6 is 0 Å². The van der Waals surface area contributed by atoms with E-state index in [-0.39, 0.29) is 11.5 Å². The lowest BCUT2D eigenvalue weighted by molar-refractivity contribution is 0.0594. The molecule has 0 amide bonds. The van der Waals surface area contributed by atoms with E-state index in [4.69, 9.17) is 0 Å². The van der Waals surface area contributed by atoms with Gasteiger partial charge in [0.15, 0.2) is 17.3 Å². The number of methoxy groups -OCH3 is 1. The summed E-state index contributed by atoms with van der Waals surface area (Å²) in [6, 6.07) is 0.655. The van der Waals surface area contributed by atoms with Crippen molar-refractivity contribution < 1.29 is 18.3 Å². The van der Waals surface area contributed by atoms with Crippen molar-refractivity contribution in [3.05, 3.63) is 35.8 Å². The van der Waals surface area contributed by atoms with Gasteiger partial charge in [-0.15, -0.1) is 5.10 Å². The largest absolute Gasteiger partial charge is 0.464 e. The average molecular weight is 240 g/mol. The normalized spacial score (nSPS) is 10.3. The minimum absolute atomic E-state index is 0.0991. The van der Waals surface area contributed by atoms with Gasteiger partial charge in [-0.2, -0.15) is 4.68 Å². The molecule has 0 N–H and O–H groups in total. The van der Waals surface area contributed by atoms with Gasteiger partial charge in [-0.25, -0.2) is 18.6 Å². The highest BCUT2D eigenvalue weighted by Gasteiger charge is 2.14. The number of nitrogens with zero attached hydrogens (tertiary/aromatic N) is 4. The Morgan fingerprint density at radius 3 is 2.88 bits per heavy atom. The van der Waals surface area contributed by atoms with Crippen molar-refractivity contribution in [2.75, 3.05) is 7.11 Å². The van der Waals surface area contributed by atoms with Gasteiger partial charge < -0.3 is 4.74 Å². The molecule has 8 heteroatoms. The van der Waals surface area contributed by atoms with E-state index < -0.39 is 17.6 Å². The van der Waals surface area contributed by atoms with E-state index in [9.17, 15) is 13.6 Å². The topological polar surface area (TPSA) is 69.9 Å². The summed E-state index contributed by atoms with van der Waals surface area (Å²) < 4.78 is 31.3. The Kier molecular flexibility index (Phi) is 2.77. The van der Waals surface area contributed by atoms with Gasteiger partial charge in [-0.05, 0) is 0 Å². The lowest BCUT2D eigenvalue weighted by Crippen LogP contribution is -2.03. The maximum atomic E-state index is 13.3. The first-order valence-corrected chi connectivity index (χ1v) is 4.44. The van der Waals surface area contributed by atoms with Crippen LogP contribution < -0.4 is 0 Å². The quantitative estimate of drug-likeness (QED) is 0.723. The highest BCUT2D eigenvalue weighted by Crippen LogP contribution is 2.10. The average Bonchev–Trinajstić information content (AvgIpc) is 2.77. The van der Waals surface area contributed by atoms with Gasteiger partial charge in [0.1, 0.15) is 5.82 Å². The zero-order valence-electron chi connectivity index (χ0n) is 8.59. The Hall–Kier alpha value is -2.38. The molecule has 2 heterocycles. The minimum Gasteiger partial charge on any atom is -0.464 e. The second kappa shape index (κ2) is 4.24. The molecule has 88 valence electrons. The molecule has 0 unspecified atom stereocenters. The van der Waals surface area contributed by atoms with E-state index in [1.807, 2.05) is 0 Å². The molecule has 6 nitrogen and oxygen atoms in total. The van der Waals surface area contributed by atoms with Crippen LogP contribution in [0.1, 0.15) is 10.5 Å². The maximum Gasteiger partial charge on any atom is 0.360 e. The van der Waals surface area contributed by atoms with E-state index in [1.165, 1.54) is 7.11 Å². The lowest BCUT2D eigenvalue weighted by atomic mass is 10.4. The number of halogens is 2. The van der Waals surface area contributed by atoms with Gasteiger partial charge in [-0.1, -0.05) is 5.21 Å². The van der Waals surface area contributed by atoms with Crippen molar-refractivity contribution in [2.45, 2.75) is 0 Å². The standard InChI is InChI=1S/C9H6F2N4O2/c1-17-9(16)7-4-15(14-13-7)8-6(11)2-5(10)3-12-8/h2-4H,1H3. The van der Waals surface area contributed by atoms with Crippen LogP contribution in [-0.4, -0.2) is 33.1 Å². The predicted octanol–water partition coefficient (Wildman–Crippen LogP) is 0.727. The molecule has 2 aromatic rings. The minimum atomic E-state index is -0.911. The molecule has 0 bridgehead atoms. The monoisotopic (exact) mass is 240 g/mol. The molecule has 0 saturated heterocycles. The Morgan fingerprint density at radius 1 is 1.47 bits per heavy atom. The first-order chi connectivity index (χ1) is 8.11. The molecule has 0 aliphatic carbocycles. The molecule has 2 aromatic heterocycles. The Balaban J connectivity index is 2.40. The van der Waals surface area contributed by atoms with Gasteiger partial charge in [0.05, 0.1) is 19.5 Å². The molecule has 2 rings (SSSR count). The van der Waals surface area contributed by atoms with E-state index in [0.717, 1.165) is 17.1 Å².